The molecule has 1 aliphatic heterocycles. The van der Waals surface area contributed by atoms with Crippen LogP contribution in [0.1, 0.15) is 38.8 Å². The van der Waals surface area contributed by atoms with Crippen LogP contribution in [-0.2, 0) is 6.54 Å². The van der Waals surface area contributed by atoms with Crippen molar-refractivity contribution in [1.82, 2.24) is 15.2 Å². The molecule has 0 aliphatic carbocycles. The highest BCUT2D eigenvalue weighted by Gasteiger charge is 2.22. The number of nitrogens with zero attached hydrogens (tertiary/aromatic N) is 2. The molecule has 0 unspecified atom stereocenters. The number of benzene rings is 1. The Balaban J connectivity index is 1.50. The maximum Gasteiger partial charge on any atom is 0.254 e. The lowest BCUT2D eigenvalue weighted by Crippen LogP contribution is -2.44. The quantitative estimate of drug-likeness (QED) is 0.923. The molecule has 0 saturated carbocycles. The average molecular weight is 347 g/mol. The molecule has 1 saturated heterocycles. The fourth-order valence-electron chi connectivity index (χ4n) is 2.94. The van der Waals surface area contributed by atoms with Gasteiger partial charge in [0.05, 0.1) is 17.8 Å². The monoisotopic (exact) mass is 347 g/mol. The van der Waals surface area contributed by atoms with Crippen LogP contribution in [0, 0.1) is 19.7 Å². The predicted molar refractivity (Wildman–Crippen MR) is 93.8 cm³/mol. The molecule has 2 aromatic rings. The molecular formula is C18H22FN3OS. The molecule has 1 fully saturated rings. The van der Waals surface area contributed by atoms with E-state index >= 15 is 0 Å². The van der Waals surface area contributed by atoms with Gasteiger partial charge in [0.1, 0.15) is 10.8 Å². The lowest BCUT2D eigenvalue weighted by molar-refractivity contribution is 0.0905. The highest BCUT2D eigenvalue weighted by Crippen LogP contribution is 2.20. The Hall–Kier alpha value is -1.79. The second-order valence-electron chi connectivity index (χ2n) is 6.25. The number of nitrogens with one attached hydrogen (secondary N) is 1. The number of piperidine rings is 1. The molecule has 1 aromatic heterocycles. The molecule has 0 spiro atoms. The summed E-state index contributed by atoms with van der Waals surface area (Å²) < 4.78 is 13.7. The van der Waals surface area contributed by atoms with E-state index in [4.69, 9.17) is 0 Å². The number of rotatable bonds is 4. The van der Waals surface area contributed by atoms with Crippen LogP contribution in [-0.4, -0.2) is 34.9 Å². The molecule has 4 nitrogen and oxygen atoms in total. The predicted octanol–water partition coefficient (Wildman–Crippen LogP) is 3.29. The van der Waals surface area contributed by atoms with Gasteiger partial charge in [-0.25, -0.2) is 9.37 Å². The third kappa shape index (κ3) is 3.99. The van der Waals surface area contributed by atoms with Crippen molar-refractivity contribution < 1.29 is 9.18 Å². The first-order valence-electron chi connectivity index (χ1n) is 8.23. The summed E-state index contributed by atoms with van der Waals surface area (Å²) in [6.45, 7) is 6.84. The van der Waals surface area contributed by atoms with Gasteiger partial charge in [0.25, 0.3) is 5.91 Å². The Labute approximate surface area is 145 Å². The topological polar surface area (TPSA) is 45.2 Å². The van der Waals surface area contributed by atoms with Crippen molar-refractivity contribution in [2.24, 2.45) is 0 Å². The van der Waals surface area contributed by atoms with Crippen LogP contribution in [0.3, 0.4) is 0 Å². The fraction of sp³-hybridized carbons (Fsp3) is 0.444. The Morgan fingerprint density at radius 1 is 1.33 bits per heavy atom. The summed E-state index contributed by atoms with van der Waals surface area (Å²) in [6.07, 6.45) is 1.76. The maximum absolute atomic E-state index is 13.7. The number of thiazole rings is 1. The molecule has 24 heavy (non-hydrogen) atoms. The SMILES string of the molecule is Cc1nc(CN2CCC(NC(=O)c3ccccc3F)CC2)sc1C. The normalized spacial score (nSPS) is 16.3. The van der Waals surface area contributed by atoms with Crippen molar-refractivity contribution in [2.45, 2.75) is 39.3 Å². The second-order valence-corrected chi connectivity index (χ2v) is 7.54. The molecule has 2 heterocycles. The lowest BCUT2D eigenvalue weighted by atomic mass is 10.0. The van der Waals surface area contributed by atoms with Gasteiger partial charge in [-0.3, -0.25) is 9.69 Å². The first kappa shape index (κ1) is 17.0. The van der Waals surface area contributed by atoms with Gasteiger partial charge in [-0.2, -0.15) is 0 Å². The minimum Gasteiger partial charge on any atom is -0.349 e. The molecule has 6 heteroatoms. The van der Waals surface area contributed by atoms with Crippen molar-refractivity contribution in [2.75, 3.05) is 13.1 Å². The van der Waals surface area contributed by atoms with Gasteiger partial charge in [-0.1, -0.05) is 12.1 Å². The summed E-state index contributed by atoms with van der Waals surface area (Å²) in [6, 6.07) is 6.21. The standard InChI is InChI=1S/C18H22FN3OS/c1-12-13(2)24-17(20-12)11-22-9-7-14(8-10-22)21-18(23)15-5-3-4-6-16(15)19/h3-6,14H,7-11H2,1-2H3,(H,21,23). The first-order chi connectivity index (χ1) is 11.5. The Kier molecular flexibility index (Phi) is 5.26. The molecule has 1 N–H and O–H groups in total. The van der Waals surface area contributed by atoms with Crippen molar-refractivity contribution in [1.29, 1.82) is 0 Å². The van der Waals surface area contributed by atoms with Gasteiger partial charge in [0.15, 0.2) is 0 Å². The summed E-state index contributed by atoms with van der Waals surface area (Å²) in [7, 11) is 0. The van der Waals surface area contributed by atoms with E-state index in [1.807, 2.05) is 6.92 Å². The van der Waals surface area contributed by atoms with E-state index in [0.717, 1.165) is 43.2 Å². The van der Waals surface area contributed by atoms with Crippen LogP contribution in [0.4, 0.5) is 4.39 Å². The molecular weight excluding hydrogens is 325 g/mol. The van der Waals surface area contributed by atoms with Crippen molar-refractivity contribution in [3.63, 3.8) is 0 Å². The summed E-state index contributed by atoms with van der Waals surface area (Å²) in [5.41, 5.74) is 1.23. The van der Waals surface area contributed by atoms with Crippen LogP contribution >= 0.6 is 11.3 Å². The van der Waals surface area contributed by atoms with Crippen LogP contribution in [0.15, 0.2) is 24.3 Å². The number of aromatic nitrogens is 1. The van der Waals surface area contributed by atoms with E-state index in [9.17, 15) is 9.18 Å². The minimum absolute atomic E-state index is 0.105. The van der Waals surface area contributed by atoms with Gasteiger partial charge in [-0.15, -0.1) is 11.3 Å². The zero-order chi connectivity index (χ0) is 17.1. The minimum atomic E-state index is -0.470. The van der Waals surface area contributed by atoms with Gasteiger partial charge in [0.2, 0.25) is 0 Å². The zero-order valence-electron chi connectivity index (χ0n) is 14.0. The third-order valence-electron chi connectivity index (χ3n) is 4.47. The van der Waals surface area contributed by atoms with E-state index < -0.39 is 5.82 Å². The number of hydrogen-bond donors (Lipinski definition) is 1. The van der Waals surface area contributed by atoms with Crippen molar-refractivity contribution >= 4 is 17.2 Å². The number of halogens is 1. The van der Waals surface area contributed by atoms with E-state index in [0.29, 0.717) is 0 Å². The van der Waals surface area contributed by atoms with Crippen LogP contribution in [0.2, 0.25) is 0 Å². The molecule has 3 rings (SSSR count). The van der Waals surface area contributed by atoms with E-state index in [1.165, 1.54) is 17.0 Å². The number of aryl methyl sites for hydroxylation is 2. The molecule has 1 aromatic carbocycles. The van der Waals surface area contributed by atoms with E-state index in [-0.39, 0.29) is 17.5 Å². The van der Waals surface area contributed by atoms with Crippen LogP contribution in [0.5, 0.6) is 0 Å². The van der Waals surface area contributed by atoms with Gasteiger partial charge >= 0.3 is 0 Å². The second kappa shape index (κ2) is 7.40. The van der Waals surface area contributed by atoms with E-state index in [2.05, 4.69) is 22.1 Å². The summed E-state index contributed by atoms with van der Waals surface area (Å²) in [4.78, 5) is 20.4. The number of amides is 1. The number of likely N-dealkylation sites (tertiary alicyclic amines) is 1. The molecule has 0 radical (unpaired) electrons. The van der Waals surface area contributed by atoms with Crippen molar-refractivity contribution in [3.05, 3.63) is 51.2 Å². The number of carbonyl (C=O) groups is 1. The zero-order valence-corrected chi connectivity index (χ0v) is 14.8. The van der Waals surface area contributed by atoms with E-state index in [1.54, 1.807) is 23.5 Å². The average Bonchev–Trinajstić information content (AvgIpc) is 2.87. The summed E-state index contributed by atoms with van der Waals surface area (Å²) >= 11 is 1.75. The third-order valence-corrected chi connectivity index (χ3v) is 5.53. The molecule has 1 amide bonds. The smallest absolute Gasteiger partial charge is 0.254 e. The number of carbonyl (C=O) groups excluding carboxylic acids is 1. The summed E-state index contributed by atoms with van der Waals surface area (Å²) in [5.74, 6) is -0.792. The molecule has 1 aliphatic rings. The number of hydrogen-bond acceptors (Lipinski definition) is 4. The first-order valence-corrected chi connectivity index (χ1v) is 9.05. The largest absolute Gasteiger partial charge is 0.349 e. The molecule has 0 atom stereocenters. The molecule has 128 valence electrons. The lowest BCUT2D eigenvalue weighted by Gasteiger charge is -2.31. The highest BCUT2D eigenvalue weighted by molar-refractivity contribution is 7.11. The maximum atomic E-state index is 13.7. The summed E-state index contributed by atoms with van der Waals surface area (Å²) in [5, 5.41) is 4.11. The highest BCUT2D eigenvalue weighted by atomic mass is 32.1. The van der Waals surface area contributed by atoms with Crippen LogP contribution < -0.4 is 5.32 Å². The van der Waals surface area contributed by atoms with Crippen LogP contribution in [0.25, 0.3) is 0 Å². The Morgan fingerprint density at radius 3 is 2.67 bits per heavy atom. The van der Waals surface area contributed by atoms with Gasteiger partial charge < -0.3 is 5.32 Å². The molecule has 0 bridgehead atoms. The Morgan fingerprint density at radius 2 is 2.04 bits per heavy atom. The van der Waals surface area contributed by atoms with Crippen molar-refractivity contribution in [3.8, 4) is 0 Å². The Bertz CT molecular complexity index is 703. The fourth-order valence-corrected chi connectivity index (χ4v) is 3.92. The van der Waals surface area contributed by atoms with Gasteiger partial charge in [-0.05, 0) is 38.8 Å². The van der Waals surface area contributed by atoms with Gasteiger partial charge in [0, 0.05) is 24.0 Å².